The maximum atomic E-state index is 9.60. The topological polar surface area (TPSA) is 76.4 Å². The van der Waals surface area contributed by atoms with Gasteiger partial charge in [-0.2, -0.15) is 4.98 Å². The first-order chi connectivity index (χ1) is 6.74. The van der Waals surface area contributed by atoms with Crippen LogP contribution in [0, 0.1) is 0 Å². The number of nitrogens with zero attached hydrogens (tertiary/aromatic N) is 3. The summed E-state index contributed by atoms with van der Waals surface area (Å²) in [4.78, 5) is 7.98. The molecule has 2 aromatic rings. The maximum Gasteiger partial charge on any atom is 0.235 e. The number of imidazole rings is 1. The molecule has 2 aromatic heterocycles. The number of nitrogens with two attached hydrogens (primary N) is 1. The molecule has 0 fully saturated rings. The van der Waals surface area contributed by atoms with Gasteiger partial charge < -0.3 is 10.8 Å². The van der Waals surface area contributed by atoms with Gasteiger partial charge in [0.25, 0.3) is 0 Å². The van der Waals surface area contributed by atoms with Crippen molar-refractivity contribution in [1.82, 2.24) is 14.4 Å². The second-order valence-corrected chi connectivity index (χ2v) is 3.19. The monoisotopic (exact) mass is 212 g/mol. The largest absolute Gasteiger partial charge is 0.385 e. The third-order valence-corrected chi connectivity index (χ3v) is 2.21. The molecule has 0 spiro atoms. The van der Waals surface area contributed by atoms with Crippen molar-refractivity contribution < 1.29 is 5.11 Å². The zero-order valence-electron chi connectivity index (χ0n) is 7.26. The molecular weight excluding hydrogens is 204 g/mol. The van der Waals surface area contributed by atoms with Crippen molar-refractivity contribution in [3.05, 3.63) is 29.3 Å². The zero-order valence-corrected chi connectivity index (χ0v) is 8.02. The summed E-state index contributed by atoms with van der Waals surface area (Å²) < 4.78 is 1.62. The minimum Gasteiger partial charge on any atom is -0.385 e. The van der Waals surface area contributed by atoms with Crippen molar-refractivity contribution in [3.8, 4) is 0 Å². The predicted octanol–water partition coefficient (Wildman–Crippen LogP) is 0.375. The number of rotatable bonds is 2. The first-order valence-electron chi connectivity index (χ1n) is 4.10. The summed E-state index contributed by atoms with van der Waals surface area (Å²) in [5.74, 6) is 0.458. The van der Waals surface area contributed by atoms with E-state index in [1.165, 1.54) is 0 Å². The number of aromatic nitrogens is 3. The fraction of sp³-hybridized carbons (Fsp3) is 0.250. The van der Waals surface area contributed by atoms with E-state index in [2.05, 4.69) is 9.97 Å². The van der Waals surface area contributed by atoms with Gasteiger partial charge in [0, 0.05) is 18.9 Å². The fourth-order valence-corrected chi connectivity index (χ4v) is 1.58. The molecule has 5 nitrogen and oxygen atoms in total. The third kappa shape index (κ3) is 1.35. The predicted molar refractivity (Wildman–Crippen MR) is 52.0 cm³/mol. The SMILES string of the molecule is NCC(O)c1c(Cl)nc2ncccn12. The van der Waals surface area contributed by atoms with Crippen LogP contribution in [-0.4, -0.2) is 26.0 Å². The van der Waals surface area contributed by atoms with Gasteiger partial charge in [0.15, 0.2) is 5.15 Å². The highest BCUT2D eigenvalue weighted by Gasteiger charge is 2.17. The molecule has 3 N–H and O–H groups in total. The smallest absolute Gasteiger partial charge is 0.235 e. The lowest BCUT2D eigenvalue weighted by molar-refractivity contribution is 0.181. The van der Waals surface area contributed by atoms with Gasteiger partial charge in [-0.1, -0.05) is 11.6 Å². The van der Waals surface area contributed by atoms with E-state index < -0.39 is 6.10 Å². The average Bonchev–Trinajstić information content (AvgIpc) is 2.53. The molecule has 1 unspecified atom stereocenters. The summed E-state index contributed by atoms with van der Waals surface area (Å²) >= 11 is 5.85. The molecule has 0 aliphatic carbocycles. The standard InChI is InChI=1S/C8H9ClN4O/c9-7-6(5(14)4-10)13-3-1-2-11-8(13)12-7/h1-3,5,14H,4,10H2. The van der Waals surface area contributed by atoms with E-state index in [1.807, 2.05) is 0 Å². The normalized spacial score (nSPS) is 13.4. The molecule has 0 bridgehead atoms. The van der Waals surface area contributed by atoms with E-state index in [0.29, 0.717) is 11.5 Å². The number of hydrogen-bond donors (Lipinski definition) is 2. The Hall–Kier alpha value is -1.17. The molecule has 0 aliphatic rings. The highest BCUT2D eigenvalue weighted by Crippen LogP contribution is 2.22. The number of halogens is 1. The van der Waals surface area contributed by atoms with Crippen LogP contribution in [0.3, 0.4) is 0 Å². The van der Waals surface area contributed by atoms with Crippen LogP contribution in [-0.2, 0) is 0 Å². The molecule has 0 aromatic carbocycles. The Kier molecular flexibility index (Phi) is 2.37. The number of aliphatic hydroxyl groups excluding tert-OH is 1. The molecule has 0 radical (unpaired) electrons. The van der Waals surface area contributed by atoms with E-state index in [9.17, 15) is 5.11 Å². The summed E-state index contributed by atoms with van der Waals surface area (Å²) in [6.45, 7) is 0.0996. The van der Waals surface area contributed by atoms with Gasteiger partial charge in [-0.15, -0.1) is 0 Å². The Morgan fingerprint density at radius 2 is 2.43 bits per heavy atom. The van der Waals surface area contributed by atoms with Gasteiger partial charge in [0.05, 0.1) is 5.69 Å². The molecule has 1 atom stereocenters. The van der Waals surface area contributed by atoms with E-state index in [1.54, 1.807) is 22.9 Å². The van der Waals surface area contributed by atoms with Crippen molar-refractivity contribution in [2.75, 3.05) is 6.54 Å². The molecule has 0 aliphatic heterocycles. The van der Waals surface area contributed by atoms with Crippen LogP contribution in [0.1, 0.15) is 11.8 Å². The quantitative estimate of drug-likeness (QED) is 0.755. The van der Waals surface area contributed by atoms with Crippen LogP contribution < -0.4 is 5.73 Å². The van der Waals surface area contributed by atoms with Gasteiger partial charge >= 0.3 is 0 Å². The van der Waals surface area contributed by atoms with Crippen LogP contribution in [0.4, 0.5) is 0 Å². The lowest BCUT2D eigenvalue weighted by Gasteiger charge is -2.06. The van der Waals surface area contributed by atoms with Crippen LogP contribution in [0.15, 0.2) is 18.5 Å². The van der Waals surface area contributed by atoms with E-state index >= 15 is 0 Å². The van der Waals surface area contributed by atoms with Crippen LogP contribution in [0.25, 0.3) is 5.78 Å². The molecule has 0 saturated carbocycles. The van der Waals surface area contributed by atoms with Gasteiger partial charge in [0.1, 0.15) is 6.10 Å². The Balaban J connectivity index is 2.67. The number of aliphatic hydroxyl groups is 1. The molecule has 14 heavy (non-hydrogen) atoms. The van der Waals surface area contributed by atoms with Crippen LogP contribution in [0.2, 0.25) is 5.15 Å². The van der Waals surface area contributed by atoms with Crippen molar-refractivity contribution in [2.24, 2.45) is 5.73 Å². The van der Waals surface area contributed by atoms with Crippen LogP contribution >= 0.6 is 11.6 Å². The Bertz CT molecular complexity index is 456. The summed E-state index contributed by atoms with van der Waals surface area (Å²) in [6.07, 6.45) is 2.52. The Labute approximate surface area is 85.2 Å². The average molecular weight is 213 g/mol. The van der Waals surface area contributed by atoms with Crippen molar-refractivity contribution in [3.63, 3.8) is 0 Å². The second kappa shape index (κ2) is 3.53. The summed E-state index contributed by atoms with van der Waals surface area (Å²) in [7, 11) is 0. The molecule has 74 valence electrons. The summed E-state index contributed by atoms with van der Waals surface area (Å²) in [5.41, 5.74) is 5.84. The summed E-state index contributed by atoms with van der Waals surface area (Å²) in [5, 5.41) is 9.84. The second-order valence-electron chi connectivity index (χ2n) is 2.83. The fourth-order valence-electron chi connectivity index (χ4n) is 1.29. The van der Waals surface area contributed by atoms with Crippen molar-refractivity contribution >= 4 is 17.4 Å². The van der Waals surface area contributed by atoms with E-state index in [4.69, 9.17) is 17.3 Å². The molecule has 2 rings (SSSR count). The lowest BCUT2D eigenvalue weighted by Crippen LogP contribution is -2.13. The first-order valence-corrected chi connectivity index (χ1v) is 4.48. The highest BCUT2D eigenvalue weighted by molar-refractivity contribution is 6.30. The minimum absolute atomic E-state index is 0.0996. The van der Waals surface area contributed by atoms with E-state index in [-0.39, 0.29) is 11.7 Å². The summed E-state index contributed by atoms with van der Waals surface area (Å²) in [6, 6.07) is 1.73. The van der Waals surface area contributed by atoms with Gasteiger partial charge in [-0.3, -0.25) is 4.40 Å². The van der Waals surface area contributed by atoms with E-state index in [0.717, 1.165) is 0 Å². The first kappa shape index (κ1) is 9.39. The maximum absolute atomic E-state index is 9.60. The van der Waals surface area contributed by atoms with Crippen molar-refractivity contribution in [1.29, 1.82) is 0 Å². The molecule has 6 heteroatoms. The highest BCUT2D eigenvalue weighted by atomic mass is 35.5. The molecule has 0 saturated heterocycles. The molecule has 0 amide bonds. The third-order valence-electron chi connectivity index (χ3n) is 1.93. The van der Waals surface area contributed by atoms with Gasteiger partial charge in [-0.05, 0) is 6.07 Å². The number of fused-ring (bicyclic) bond motifs is 1. The minimum atomic E-state index is -0.818. The zero-order chi connectivity index (χ0) is 10.1. The van der Waals surface area contributed by atoms with Gasteiger partial charge in [0.2, 0.25) is 5.78 Å². The molecule has 2 heterocycles. The van der Waals surface area contributed by atoms with Gasteiger partial charge in [-0.25, -0.2) is 4.98 Å². The van der Waals surface area contributed by atoms with Crippen molar-refractivity contribution in [2.45, 2.75) is 6.10 Å². The lowest BCUT2D eigenvalue weighted by atomic mass is 10.3. The Morgan fingerprint density at radius 1 is 1.64 bits per heavy atom. The van der Waals surface area contributed by atoms with Crippen LogP contribution in [0.5, 0.6) is 0 Å². The Morgan fingerprint density at radius 3 is 3.14 bits per heavy atom. The molecular formula is C8H9ClN4O. The number of hydrogen-bond acceptors (Lipinski definition) is 4.